The normalized spacial score (nSPS) is 18.6. The van der Waals surface area contributed by atoms with Gasteiger partial charge >= 0.3 is 6.18 Å². The maximum atomic E-state index is 12.9. The van der Waals surface area contributed by atoms with Crippen LogP contribution in [0.25, 0.3) is 5.69 Å². The maximum absolute atomic E-state index is 12.9. The lowest BCUT2D eigenvalue weighted by Gasteiger charge is -2.33. The molecular weight excluding hydrogens is 359 g/mol. The van der Waals surface area contributed by atoms with E-state index in [9.17, 15) is 18.0 Å². The Balaban J connectivity index is 1.48. The molecule has 4 rings (SSSR count). The first-order valence-corrected chi connectivity index (χ1v) is 9.03. The predicted octanol–water partition coefficient (Wildman–Crippen LogP) is 2.78. The van der Waals surface area contributed by atoms with Crippen LogP contribution in [0.1, 0.15) is 31.2 Å². The molecule has 2 aliphatic rings. The van der Waals surface area contributed by atoms with E-state index in [1.54, 1.807) is 12.3 Å². The molecule has 1 aliphatic heterocycles. The summed E-state index contributed by atoms with van der Waals surface area (Å²) in [6.45, 7) is 1.30. The van der Waals surface area contributed by atoms with Gasteiger partial charge in [0.05, 0.1) is 29.3 Å². The van der Waals surface area contributed by atoms with Crippen LogP contribution in [0.5, 0.6) is 0 Å². The van der Waals surface area contributed by atoms with Gasteiger partial charge < -0.3 is 10.2 Å². The predicted molar refractivity (Wildman–Crippen MR) is 92.5 cm³/mol. The monoisotopic (exact) mass is 379 g/mol. The number of rotatable bonds is 4. The van der Waals surface area contributed by atoms with Crippen molar-refractivity contribution in [2.75, 3.05) is 18.0 Å². The summed E-state index contributed by atoms with van der Waals surface area (Å²) in [4.78, 5) is 18.4. The van der Waals surface area contributed by atoms with Crippen LogP contribution in [0.4, 0.5) is 18.9 Å². The van der Waals surface area contributed by atoms with Crippen LogP contribution in [0, 0.1) is 5.92 Å². The summed E-state index contributed by atoms with van der Waals surface area (Å²) in [5, 5.41) is 6.91. The fraction of sp³-hybridized carbons (Fsp3) is 0.500. The molecule has 0 spiro atoms. The molecule has 3 heterocycles. The van der Waals surface area contributed by atoms with E-state index < -0.39 is 11.7 Å². The molecule has 1 saturated heterocycles. The third-order valence-corrected chi connectivity index (χ3v) is 5.06. The van der Waals surface area contributed by atoms with Crippen LogP contribution in [0.3, 0.4) is 0 Å². The molecule has 0 atom stereocenters. The Hall–Kier alpha value is -2.58. The Morgan fingerprint density at radius 3 is 2.48 bits per heavy atom. The van der Waals surface area contributed by atoms with Crippen LogP contribution in [-0.2, 0) is 11.0 Å². The van der Waals surface area contributed by atoms with Gasteiger partial charge in [0, 0.05) is 37.4 Å². The summed E-state index contributed by atoms with van der Waals surface area (Å²) in [5.41, 5.74) is 0.470. The van der Waals surface area contributed by atoms with Crippen molar-refractivity contribution in [3.8, 4) is 5.69 Å². The standard InChI is InChI=1S/C18H20F3N5O/c19-18(20,21)13-9-23-26(11-13)15-3-6-22-10-16(15)25-7-4-12(5-8-25)17(27)24-14-1-2-14/h3,6,9-12,14H,1-2,4-5,7-8H2,(H,24,27). The van der Waals surface area contributed by atoms with Crippen LogP contribution >= 0.6 is 0 Å². The summed E-state index contributed by atoms with van der Waals surface area (Å²) in [6, 6.07) is 2.00. The summed E-state index contributed by atoms with van der Waals surface area (Å²) in [5.74, 6) is 0.106. The SMILES string of the molecule is O=C(NC1CC1)C1CCN(c2cnccc2-n2cc(C(F)(F)F)cn2)CC1. The third-order valence-electron chi connectivity index (χ3n) is 5.06. The first-order valence-electron chi connectivity index (χ1n) is 9.03. The van der Waals surface area contributed by atoms with Crippen LogP contribution < -0.4 is 10.2 Å². The van der Waals surface area contributed by atoms with Crippen LogP contribution in [0.2, 0.25) is 0 Å². The number of piperidine rings is 1. The maximum Gasteiger partial charge on any atom is 0.419 e. The molecule has 27 heavy (non-hydrogen) atoms. The third kappa shape index (κ3) is 3.91. The number of carbonyl (C=O) groups excluding carboxylic acids is 1. The van der Waals surface area contributed by atoms with E-state index in [2.05, 4.69) is 20.3 Å². The van der Waals surface area contributed by atoms with E-state index in [-0.39, 0.29) is 11.8 Å². The second-order valence-corrected chi connectivity index (χ2v) is 7.08. The number of nitrogens with zero attached hydrogens (tertiary/aromatic N) is 4. The number of alkyl halides is 3. The van der Waals surface area contributed by atoms with E-state index in [0.29, 0.717) is 37.7 Å². The van der Waals surface area contributed by atoms with Crippen molar-refractivity contribution in [1.29, 1.82) is 0 Å². The van der Waals surface area contributed by atoms with Crippen molar-refractivity contribution < 1.29 is 18.0 Å². The molecule has 0 aromatic carbocycles. The minimum atomic E-state index is -4.43. The average molecular weight is 379 g/mol. The highest BCUT2D eigenvalue weighted by Gasteiger charge is 2.33. The quantitative estimate of drug-likeness (QED) is 0.887. The van der Waals surface area contributed by atoms with E-state index >= 15 is 0 Å². The van der Waals surface area contributed by atoms with Gasteiger partial charge in [0.15, 0.2) is 0 Å². The number of nitrogens with one attached hydrogen (secondary N) is 1. The topological polar surface area (TPSA) is 63.1 Å². The number of anilines is 1. The Labute approximate surface area is 154 Å². The van der Waals surface area contributed by atoms with Crippen LogP contribution in [-0.4, -0.2) is 39.8 Å². The molecule has 144 valence electrons. The van der Waals surface area contributed by atoms with E-state index in [4.69, 9.17) is 0 Å². The van der Waals surface area contributed by atoms with Crippen molar-refractivity contribution in [2.24, 2.45) is 5.92 Å². The lowest BCUT2D eigenvalue weighted by Crippen LogP contribution is -2.41. The minimum Gasteiger partial charge on any atom is -0.368 e. The zero-order chi connectivity index (χ0) is 19.0. The number of amides is 1. The van der Waals surface area contributed by atoms with Gasteiger partial charge in [0.25, 0.3) is 0 Å². The lowest BCUT2D eigenvalue weighted by molar-refractivity contribution is -0.137. The molecule has 1 N–H and O–H groups in total. The number of pyridine rings is 1. The van der Waals surface area contributed by atoms with Gasteiger partial charge in [-0.3, -0.25) is 9.78 Å². The number of halogens is 3. The number of hydrogen-bond donors (Lipinski definition) is 1. The zero-order valence-electron chi connectivity index (χ0n) is 14.6. The smallest absolute Gasteiger partial charge is 0.368 e. The molecule has 0 radical (unpaired) electrons. The second kappa shape index (κ2) is 6.86. The summed E-state index contributed by atoms with van der Waals surface area (Å²) < 4.78 is 39.8. The summed E-state index contributed by atoms with van der Waals surface area (Å²) >= 11 is 0. The van der Waals surface area contributed by atoms with E-state index in [0.717, 1.165) is 30.9 Å². The van der Waals surface area contributed by atoms with E-state index in [1.165, 1.54) is 10.9 Å². The molecule has 0 unspecified atom stereocenters. The van der Waals surface area contributed by atoms with Gasteiger partial charge in [0.1, 0.15) is 0 Å². The molecule has 6 nitrogen and oxygen atoms in total. The fourth-order valence-corrected chi connectivity index (χ4v) is 3.35. The van der Waals surface area contributed by atoms with Gasteiger partial charge in [-0.2, -0.15) is 18.3 Å². The van der Waals surface area contributed by atoms with Gasteiger partial charge in [0.2, 0.25) is 5.91 Å². The molecule has 1 aliphatic carbocycles. The van der Waals surface area contributed by atoms with Crippen LogP contribution in [0.15, 0.2) is 30.9 Å². The van der Waals surface area contributed by atoms with Crippen molar-refractivity contribution in [2.45, 2.75) is 37.9 Å². The van der Waals surface area contributed by atoms with Crippen molar-refractivity contribution in [3.05, 3.63) is 36.4 Å². The van der Waals surface area contributed by atoms with Crippen molar-refractivity contribution in [1.82, 2.24) is 20.1 Å². The lowest BCUT2D eigenvalue weighted by atomic mass is 9.95. The van der Waals surface area contributed by atoms with E-state index in [1.807, 2.05) is 0 Å². The first kappa shape index (κ1) is 17.8. The Morgan fingerprint density at radius 1 is 1.11 bits per heavy atom. The molecule has 1 saturated carbocycles. The van der Waals surface area contributed by atoms with Gasteiger partial charge in [-0.15, -0.1) is 0 Å². The number of carbonyl (C=O) groups is 1. The molecule has 9 heteroatoms. The molecule has 2 aromatic heterocycles. The van der Waals surface area contributed by atoms with Crippen molar-refractivity contribution >= 4 is 11.6 Å². The Bertz CT molecular complexity index is 822. The number of aromatic nitrogens is 3. The first-order chi connectivity index (χ1) is 12.9. The molecular formula is C18H20F3N5O. The number of hydrogen-bond acceptors (Lipinski definition) is 4. The van der Waals surface area contributed by atoms with Crippen molar-refractivity contribution in [3.63, 3.8) is 0 Å². The fourth-order valence-electron chi connectivity index (χ4n) is 3.35. The zero-order valence-corrected chi connectivity index (χ0v) is 14.6. The second-order valence-electron chi connectivity index (χ2n) is 7.08. The summed E-state index contributed by atoms with van der Waals surface area (Å²) in [6.07, 6.45) is 4.07. The molecule has 0 bridgehead atoms. The largest absolute Gasteiger partial charge is 0.419 e. The highest BCUT2D eigenvalue weighted by Crippen LogP contribution is 2.32. The Kier molecular flexibility index (Phi) is 4.53. The average Bonchev–Trinajstić information content (AvgIpc) is 3.32. The highest BCUT2D eigenvalue weighted by atomic mass is 19.4. The molecule has 1 amide bonds. The van der Waals surface area contributed by atoms with Gasteiger partial charge in [-0.25, -0.2) is 4.68 Å². The van der Waals surface area contributed by atoms with Gasteiger partial charge in [-0.1, -0.05) is 0 Å². The molecule has 2 aromatic rings. The minimum absolute atomic E-state index is 0.0106. The highest BCUT2D eigenvalue weighted by molar-refractivity contribution is 5.79. The molecule has 2 fully saturated rings. The summed E-state index contributed by atoms with van der Waals surface area (Å²) in [7, 11) is 0. The Morgan fingerprint density at radius 2 is 1.85 bits per heavy atom. The van der Waals surface area contributed by atoms with Gasteiger partial charge in [-0.05, 0) is 31.7 Å².